The van der Waals surface area contributed by atoms with E-state index in [0.29, 0.717) is 30.1 Å². The van der Waals surface area contributed by atoms with E-state index in [1.54, 1.807) is 18.2 Å². The average Bonchev–Trinajstić information content (AvgIpc) is 2.73. The van der Waals surface area contributed by atoms with E-state index in [4.69, 9.17) is 9.94 Å². The second-order valence-electron chi connectivity index (χ2n) is 7.23. The number of carbonyl (C=O) groups excluding carboxylic acids is 1. The van der Waals surface area contributed by atoms with Gasteiger partial charge in [0.1, 0.15) is 5.75 Å². The molecule has 144 valence electrons. The van der Waals surface area contributed by atoms with Gasteiger partial charge in [-0.15, -0.1) is 0 Å². The van der Waals surface area contributed by atoms with Crippen LogP contribution >= 0.6 is 0 Å². The van der Waals surface area contributed by atoms with E-state index in [-0.39, 0.29) is 11.4 Å². The topological polar surface area (TPSA) is 65.0 Å². The Morgan fingerprint density at radius 2 is 1.74 bits per heavy atom. The molecule has 3 rings (SSSR count). The van der Waals surface area contributed by atoms with Crippen LogP contribution in [-0.4, -0.2) is 54.2 Å². The second-order valence-corrected chi connectivity index (χ2v) is 7.23. The predicted molar refractivity (Wildman–Crippen MR) is 105 cm³/mol. The van der Waals surface area contributed by atoms with Crippen molar-refractivity contribution < 1.29 is 14.7 Å². The Bertz CT molecular complexity index is 785. The summed E-state index contributed by atoms with van der Waals surface area (Å²) in [6.45, 7) is 7.40. The standard InChI is InChI=1S/C21H27N3O3/c1-21(2,16-7-5-4-6-8-16)24-13-11-23(12-14-24)20(25)18-10-9-17(22-26)15-19(18)27-3/h4-10,15,22,26H,11-14H2,1-3H3. The van der Waals surface area contributed by atoms with Crippen molar-refractivity contribution in [1.82, 2.24) is 9.80 Å². The van der Waals surface area contributed by atoms with Gasteiger partial charge in [0.2, 0.25) is 0 Å². The van der Waals surface area contributed by atoms with Crippen LogP contribution in [0, 0.1) is 0 Å². The summed E-state index contributed by atoms with van der Waals surface area (Å²) in [6.07, 6.45) is 0. The molecule has 2 aromatic rings. The number of benzene rings is 2. The fraction of sp³-hybridized carbons (Fsp3) is 0.381. The van der Waals surface area contributed by atoms with E-state index in [1.165, 1.54) is 12.7 Å². The van der Waals surface area contributed by atoms with E-state index < -0.39 is 0 Å². The van der Waals surface area contributed by atoms with E-state index >= 15 is 0 Å². The zero-order valence-electron chi connectivity index (χ0n) is 16.1. The van der Waals surface area contributed by atoms with Crippen LogP contribution in [0.15, 0.2) is 48.5 Å². The second kappa shape index (κ2) is 7.98. The summed E-state index contributed by atoms with van der Waals surface area (Å²) in [7, 11) is 1.52. The molecule has 1 aliphatic heterocycles. The summed E-state index contributed by atoms with van der Waals surface area (Å²) in [5.74, 6) is 0.402. The van der Waals surface area contributed by atoms with E-state index in [1.807, 2.05) is 11.0 Å². The minimum Gasteiger partial charge on any atom is -0.496 e. The highest BCUT2D eigenvalue weighted by Gasteiger charge is 2.33. The fourth-order valence-corrected chi connectivity index (χ4v) is 3.60. The number of carbonyl (C=O) groups is 1. The molecule has 27 heavy (non-hydrogen) atoms. The van der Waals surface area contributed by atoms with Gasteiger partial charge in [0.15, 0.2) is 0 Å². The Hall–Kier alpha value is -2.57. The first-order valence-corrected chi connectivity index (χ1v) is 9.15. The smallest absolute Gasteiger partial charge is 0.257 e. The summed E-state index contributed by atoms with van der Waals surface area (Å²) in [5.41, 5.74) is 4.26. The third-order valence-corrected chi connectivity index (χ3v) is 5.40. The Labute approximate surface area is 160 Å². The highest BCUT2D eigenvalue weighted by Crippen LogP contribution is 2.30. The molecule has 2 N–H and O–H groups in total. The monoisotopic (exact) mass is 369 g/mol. The van der Waals surface area contributed by atoms with Gasteiger partial charge in [0, 0.05) is 37.8 Å². The molecule has 0 radical (unpaired) electrons. The van der Waals surface area contributed by atoms with Gasteiger partial charge in [-0.05, 0) is 31.5 Å². The molecule has 2 aromatic carbocycles. The third kappa shape index (κ3) is 3.91. The highest BCUT2D eigenvalue weighted by molar-refractivity contribution is 5.97. The lowest BCUT2D eigenvalue weighted by molar-refractivity contribution is 0.0390. The van der Waals surface area contributed by atoms with Crippen molar-refractivity contribution in [2.45, 2.75) is 19.4 Å². The summed E-state index contributed by atoms with van der Waals surface area (Å²) >= 11 is 0. The van der Waals surface area contributed by atoms with E-state index in [2.05, 4.69) is 48.5 Å². The first kappa shape index (κ1) is 19.2. The van der Waals surface area contributed by atoms with Gasteiger partial charge in [0.25, 0.3) is 5.91 Å². The lowest BCUT2D eigenvalue weighted by Gasteiger charge is -2.44. The van der Waals surface area contributed by atoms with Gasteiger partial charge in [0.05, 0.1) is 18.4 Å². The van der Waals surface area contributed by atoms with Crippen LogP contribution in [-0.2, 0) is 5.54 Å². The number of nitrogens with zero attached hydrogens (tertiary/aromatic N) is 2. The van der Waals surface area contributed by atoms with Crippen molar-refractivity contribution in [1.29, 1.82) is 0 Å². The quantitative estimate of drug-likeness (QED) is 0.793. The molecular weight excluding hydrogens is 342 g/mol. The minimum atomic E-state index is -0.0808. The number of piperazine rings is 1. The number of methoxy groups -OCH3 is 1. The molecule has 6 heteroatoms. The Kier molecular flexibility index (Phi) is 5.68. The number of hydrogen-bond donors (Lipinski definition) is 2. The highest BCUT2D eigenvalue weighted by atomic mass is 16.5. The summed E-state index contributed by atoms with van der Waals surface area (Å²) < 4.78 is 5.32. The molecule has 1 aliphatic rings. The number of rotatable bonds is 5. The molecule has 6 nitrogen and oxygen atoms in total. The third-order valence-electron chi connectivity index (χ3n) is 5.40. The maximum Gasteiger partial charge on any atom is 0.257 e. The van der Waals surface area contributed by atoms with Gasteiger partial charge in [-0.25, -0.2) is 0 Å². The van der Waals surface area contributed by atoms with Crippen LogP contribution in [0.25, 0.3) is 0 Å². The average molecular weight is 369 g/mol. The first-order chi connectivity index (χ1) is 13.0. The lowest BCUT2D eigenvalue weighted by Crippen LogP contribution is -2.54. The van der Waals surface area contributed by atoms with Crippen molar-refractivity contribution in [3.8, 4) is 5.75 Å². The fourth-order valence-electron chi connectivity index (χ4n) is 3.60. The number of hydrogen-bond acceptors (Lipinski definition) is 5. The Morgan fingerprint density at radius 1 is 1.07 bits per heavy atom. The van der Waals surface area contributed by atoms with Crippen molar-refractivity contribution >= 4 is 11.6 Å². The molecule has 1 amide bonds. The lowest BCUT2D eigenvalue weighted by atomic mass is 9.91. The molecule has 0 saturated carbocycles. The normalized spacial score (nSPS) is 15.5. The van der Waals surface area contributed by atoms with Crippen LogP contribution in [0.1, 0.15) is 29.8 Å². The molecule has 0 atom stereocenters. The summed E-state index contributed by atoms with van der Waals surface area (Å²) in [6, 6.07) is 15.4. The van der Waals surface area contributed by atoms with Crippen LogP contribution in [0.4, 0.5) is 5.69 Å². The molecule has 0 bridgehead atoms. The van der Waals surface area contributed by atoms with Gasteiger partial charge >= 0.3 is 0 Å². The molecule has 1 saturated heterocycles. The number of anilines is 1. The number of nitrogens with one attached hydrogen (secondary N) is 1. The largest absolute Gasteiger partial charge is 0.496 e. The summed E-state index contributed by atoms with van der Waals surface area (Å²) in [4.78, 5) is 17.2. The molecule has 0 aromatic heterocycles. The number of ether oxygens (including phenoxy) is 1. The minimum absolute atomic E-state index is 0.0477. The molecule has 1 heterocycles. The Balaban J connectivity index is 1.70. The SMILES string of the molecule is COc1cc(NO)ccc1C(=O)N1CCN(C(C)(C)c2ccccc2)CC1. The Morgan fingerprint density at radius 3 is 2.33 bits per heavy atom. The van der Waals surface area contributed by atoms with Crippen LogP contribution < -0.4 is 10.2 Å². The zero-order valence-corrected chi connectivity index (χ0v) is 16.1. The maximum atomic E-state index is 12.9. The first-order valence-electron chi connectivity index (χ1n) is 9.15. The molecular formula is C21H27N3O3. The van der Waals surface area contributed by atoms with E-state index in [9.17, 15) is 4.79 Å². The van der Waals surface area contributed by atoms with Crippen molar-refractivity contribution in [2.24, 2.45) is 0 Å². The van der Waals surface area contributed by atoms with Crippen molar-refractivity contribution in [2.75, 3.05) is 38.8 Å². The van der Waals surface area contributed by atoms with Gasteiger partial charge in [-0.2, -0.15) is 0 Å². The van der Waals surface area contributed by atoms with Crippen molar-refractivity contribution in [3.63, 3.8) is 0 Å². The zero-order chi connectivity index (χ0) is 19.4. The van der Waals surface area contributed by atoms with Crippen molar-refractivity contribution in [3.05, 3.63) is 59.7 Å². The summed E-state index contributed by atoms with van der Waals surface area (Å²) in [5, 5.41) is 9.03. The molecule has 0 unspecified atom stereocenters. The predicted octanol–water partition coefficient (Wildman–Crippen LogP) is 3.19. The van der Waals surface area contributed by atoms with Gasteiger partial charge in [-0.3, -0.25) is 20.4 Å². The van der Waals surface area contributed by atoms with Crippen LogP contribution in [0.5, 0.6) is 5.75 Å². The molecule has 1 fully saturated rings. The maximum absolute atomic E-state index is 12.9. The van der Waals surface area contributed by atoms with Gasteiger partial charge in [-0.1, -0.05) is 30.3 Å². The van der Waals surface area contributed by atoms with Crippen LogP contribution in [0.3, 0.4) is 0 Å². The number of amides is 1. The molecule has 0 aliphatic carbocycles. The van der Waals surface area contributed by atoms with E-state index in [0.717, 1.165) is 13.1 Å². The van der Waals surface area contributed by atoms with Gasteiger partial charge < -0.3 is 9.64 Å². The van der Waals surface area contributed by atoms with Crippen LogP contribution in [0.2, 0.25) is 0 Å². The molecule has 0 spiro atoms.